The minimum atomic E-state index is -0.237. The Kier molecular flexibility index (Phi) is 6.17. The van der Waals surface area contributed by atoms with Gasteiger partial charge in [-0.1, -0.05) is 25.0 Å². The lowest BCUT2D eigenvalue weighted by atomic mass is 10.3. The Morgan fingerprint density at radius 1 is 1.16 bits per heavy atom. The molecule has 0 aliphatic heterocycles. The van der Waals surface area contributed by atoms with Gasteiger partial charge >= 0.3 is 0 Å². The highest BCUT2D eigenvalue weighted by molar-refractivity contribution is 8.00. The van der Waals surface area contributed by atoms with Gasteiger partial charge < -0.3 is 15.1 Å². The molecule has 132 valence electrons. The van der Waals surface area contributed by atoms with Gasteiger partial charge in [-0.3, -0.25) is 9.59 Å². The third-order valence-corrected chi connectivity index (χ3v) is 5.59. The number of para-hydroxylation sites is 1. The van der Waals surface area contributed by atoms with Crippen LogP contribution in [0.3, 0.4) is 0 Å². The molecular weight excluding hydrogens is 336 g/mol. The molecule has 1 fully saturated rings. The number of amides is 2. The summed E-state index contributed by atoms with van der Waals surface area (Å²) >= 11 is 1.85. The minimum absolute atomic E-state index is 0.105. The number of thioether (sulfide) groups is 1. The highest BCUT2D eigenvalue weighted by Gasteiger charge is 2.18. The second-order valence-electron chi connectivity index (χ2n) is 6.09. The standard InChI is InChI=1S/C19H22N2O3S/c22-18(9-11-20-19(23)14-10-12-24-13-14)21-16-7-3-4-8-17(16)25-15-5-1-2-6-15/h3-4,7-8,10,12-13,15H,1-2,5-6,9,11H2,(H,20,23)(H,21,22). The summed E-state index contributed by atoms with van der Waals surface area (Å²) in [5, 5.41) is 6.32. The molecule has 1 aliphatic rings. The Morgan fingerprint density at radius 3 is 2.72 bits per heavy atom. The molecule has 1 aliphatic carbocycles. The summed E-state index contributed by atoms with van der Waals surface area (Å²) in [6.07, 6.45) is 8.13. The van der Waals surface area contributed by atoms with Crippen LogP contribution in [0.2, 0.25) is 0 Å². The smallest absolute Gasteiger partial charge is 0.254 e. The van der Waals surface area contributed by atoms with E-state index >= 15 is 0 Å². The maximum atomic E-state index is 12.2. The van der Waals surface area contributed by atoms with E-state index in [1.165, 1.54) is 38.2 Å². The van der Waals surface area contributed by atoms with Crippen LogP contribution in [0.4, 0.5) is 5.69 Å². The molecule has 3 rings (SSSR count). The van der Waals surface area contributed by atoms with Crippen LogP contribution < -0.4 is 10.6 Å². The van der Waals surface area contributed by atoms with E-state index in [-0.39, 0.29) is 24.8 Å². The fourth-order valence-electron chi connectivity index (χ4n) is 2.86. The number of furan rings is 1. The zero-order chi connectivity index (χ0) is 17.5. The summed E-state index contributed by atoms with van der Waals surface area (Å²) in [6, 6.07) is 9.50. The highest BCUT2D eigenvalue weighted by Crippen LogP contribution is 2.37. The average Bonchev–Trinajstić information content (AvgIpc) is 3.30. The van der Waals surface area contributed by atoms with E-state index in [0.717, 1.165) is 10.6 Å². The summed E-state index contributed by atoms with van der Waals surface area (Å²) in [5.74, 6) is -0.342. The molecule has 5 nitrogen and oxygen atoms in total. The Hall–Kier alpha value is -2.21. The second kappa shape index (κ2) is 8.76. The maximum absolute atomic E-state index is 12.2. The van der Waals surface area contributed by atoms with Gasteiger partial charge in [-0.15, -0.1) is 11.8 Å². The highest BCUT2D eigenvalue weighted by atomic mass is 32.2. The quantitative estimate of drug-likeness (QED) is 0.782. The van der Waals surface area contributed by atoms with Crippen LogP contribution in [0.15, 0.2) is 52.2 Å². The van der Waals surface area contributed by atoms with Gasteiger partial charge in [-0.05, 0) is 31.0 Å². The van der Waals surface area contributed by atoms with Crippen molar-refractivity contribution in [1.29, 1.82) is 0 Å². The molecular formula is C19H22N2O3S. The van der Waals surface area contributed by atoms with Gasteiger partial charge in [-0.2, -0.15) is 0 Å². The van der Waals surface area contributed by atoms with Gasteiger partial charge in [0.1, 0.15) is 6.26 Å². The molecule has 1 aromatic heterocycles. The largest absolute Gasteiger partial charge is 0.472 e. The summed E-state index contributed by atoms with van der Waals surface area (Å²) in [5.41, 5.74) is 1.31. The van der Waals surface area contributed by atoms with Crippen LogP contribution >= 0.6 is 11.8 Å². The zero-order valence-electron chi connectivity index (χ0n) is 14.0. The summed E-state index contributed by atoms with van der Waals surface area (Å²) < 4.78 is 4.87. The van der Waals surface area contributed by atoms with Crippen molar-refractivity contribution in [1.82, 2.24) is 5.32 Å². The summed E-state index contributed by atoms with van der Waals surface area (Å²) in [4.78, 5) is 25.1. The molecule has 0 bridgehead atoms. The van der Waals surface area contributed by atoms with Gasteiger partial charge in [0.15, 0.2) is 0 Å². The lowest BCUT2D eigenvalue weighted by Gasteiger charge is -2.14. The first kappa shape index (κ1) is 17.6. The Balaban J connectivity index is 1.48. The van der Waals surface area contributed by atoms with Crippen molar-refractivity contribution in [2.24, 2.45) is 0 Å². The van der Waals surface area contributed by atoms with Crippen molar-refractivity contribution in [3.8, 4) is 0 Å². The number of hydrogen-bond donors (Lipinski definition) is 2. The molecule has 2 N–H and O–H groups in total. The number of anilines is 1. The molecule has 2 amide bonds. The lowest BCUT2D eigenvalue weighted by Crippen LogP contribution is -2.27. The van der Waals surface area contributed by atoms with Crippen molar-refractivity contribution in [3.05, 3.63) is 48.4 Å². The van der Waals surface area contributed by atoms with E-state index in [0.29, 0.717) is 10.8 Å². The first-order chi connectivity index (χ1) is 12.2. The Morgan fingerprint density at radius 2 is 1.96 bits per heavy atom. The fourth-order valence-corrected chi connectivity index (χ4v) is 4.19. The molecule has 6 heteroatoms. The van der Waals surface area contributed by atoms with E-state index < -0.39 is 0 Å². The van der Waals surface area contributed by atoms with Crippen LogP contribution in [-0.2, 0) is 4.79 Å². The van der Waals surface area contributed by atoms with E-state index in [2.05, 4.69) is 16.7 Å². The van der Waals surface area contributed by atoms with Gasteiger partial charge in [0, 0.05) is 23.1 Å². The number of carbonyl (C=O) groups excluding carboxylic acids is 2. The molecule has 1 aromatic carbocycles. The van der Waals surface area contributed by atoms with Gasteiger partial charge in [0.05, 0.1) is 17.5 Å². The first-order valence-corrected chi connectivity index (χ1v) is 9.46. The third kappa shape index (κ3) is 5.13. The van der Waals surface area contributed by atoms with Crippen molar-refractivity contribution < 1.29 is 14.0 Å². The van der Waals surface area contributed by atoms with Gasteiger partial charge in [0.2, 0.25) is 5.91 Å². The lowest BCUT2D eigenvalue weighted by molar-refractivity contribution is -0.116. The predicted molar refractivity (Wildman–Crippen MR) is 98.8 cm³/mol. The van der Waals surface area contributed by atoms with Gasteiger partial charge in [-0.25, -0.2) is 0 Å². The average molecular weight is 358 g/mol. The van der Waals surface area contributed by atoms with Crippen LogP contribution in [0.25, 0.3) is 0 Å². The Bertz CT molecular complexity index is 709. The van der Waals surface area contributed by atoms with Crippen molar-refractivity contribution >= 4 is 29.3 Å². The third-order valence-electron chi connectivity index (χ3n) is 4.18. The van der Waals surface area contributed by atoms with Gasteiger partial charge in [0.25, 0.3) is 5.91 Å². The monoisotopic (exact) mass is 358 g/mol. The summed E-state index contributed by atoms with van der Waals surface area (Å²) in [7, 11) is 0. The molecule has 0 atom stereocenters. The molecule has 1 heterocycles. The molecule has 1 saturated carbocycles. The van der Waals surface area contributed by atoms with E-state index in [1.54, 1.807) is 6.07 Å². The predicted octanol–water partition coefficient (Wildman–Crippen LogP) is 4.07. The zero-order valence-corrected chi connectivity index (χ0v) is 14.8. The number of nitrogens with one attached hydrogen (secondary N) is 2. The maximum Gasteiger partial charge on any atom is 0.254 e. The SMILES string of the molecule is O=C(CCNC(=O)c1ccoc1)Nc1ccccc1SC1CCCC1. The van der Waals surface area contributed by atoms with Crippen LogP contribution in [0, 0.1) is 0 Å². The topological polar surface area (TPSA) is 71.3 Å². The van der Waals surface area contributed by atoms with E-state index in [1.807, 2.05) is 30.0 Å². The molecule has 0 spiro atoms. The van der Waals surface area contributed by atoms with Crippen molar-refractivity contribution in [2.75, 3.05) is 11.9 Å². The molecule has 25 heavy (non-hydrogen) atoms. The normalized spacial score (nSPS) is 14.4. The number of hydrogen-bond acceptors (Lipinski definition) is 4. The van der Waals surface area contributed by atoms with Crippen LogP contribution in [-0.4, -0.2) is 23.6 Å². The number of benzene rings is 1. The van der Waals surface area contributed by atoms with Crippen LogP contribution in [0.5, 0.6) is 0 Å². The molecule has 0 unspecified atom stereocenters. The minimum Gasteiger partial charge on any atom is -0.472 e. The fraction of sp³-hybridized carbons (Fsp3) is 0.368. The van der Waals surface area contributed by atoms with Crippen LogP contribution in [0.1, 0.15) is 42.5 Å². The Labute approximate surface area is 151 Å². The number of carbonyl (C=O) groups is 2. The molecule has 2 aromatic rings. The summed E-state index contributed by atoms with van der Waals surface area (Å²) in [6.45, 7) is 0.285. The van der Waals surface area contributed by atoms with E-state index in [4.69, 9.17) is 4.42 Å². The van der Waals surface area contributed by atoms with E-state index in [9.17, 15) is 9.59 Å². The van der Waals surface area contributed by atoms with Crippen molar-refractivity contribution in [3.63, 3.8) is 0 Å². The van der Waals surface area contributed by atoms with Crippen molar-refractivity contribution in [2.45, 2.75) is 42.2 Å². The molecule has 0 radical (unpaired) electrons. The number of rotatable bonds is 7. The molecule has 0 saturated heterocycles. The first-order valence-electron chi connectivity index (χ1n) is 8.58. The second-order valence-corrected chi connectivity index (χ2v) is 7.43.